The van der Waals surface area contributed by atoms with Crippen molar-refractivity contribution in [1.82, 2.24) is 15.3 Å². The Hall–Kier alpha value is -3.76. The van der Waals surface area contributed by atoms with E-state index < -0.39 is 0 Å². The van der Waals surface area contributed by atoms with Crippen LogP contribution in [-0.2, 0) is 4.74 Å². The first-order valence-electron chi connectivity index (χ1n) is 9.83. The van der Waals surface area contributed by atoms with Gasteiger partial charge in [-0.05, 0) is 25.0 Å². The van der Waals surface area contributed by atoms with Crippen molar-refractivity contribution in [2.75, 3.05) is 18.5 Å². The van der Waals surface area contributed by atoms with Gasteiger partial charge in [0.1, 0.15) is 17.6 Å². The first-order chi connectivity index (χ1) is 14.7. The van der Waals surface area contributed by atoms with Crippen LogP contribution < -0.4 is 10.6 Å². The summed E-state index contributed by atoms with van der Waals surface area (Å²) in [6.07, 6.45) is 2.00. The standard InChI is InChI=1S/C23H21N5O2/c24-14-17-9-4-5-11-19(17)26-21-13-20(23(29)25-15-18-10-6-12-30-18)27-22(28-21)16-7-2-1-3-8-16/h1-5,7-9,11,13,18H,6,10,12,15H2,(H,25,29)(H,26,27,28). The maximum Gasteiger partial charge on any atom is 0.270 e. The summed E-state index contributed by atoms with van der Waals surface area (Å²) in [5.74, 6) is 0.577. The number of ether oxygens (including phenoxy) is 1. The van der Waals surface area contributed by atoms with E-state index in [1.165, 1.54) is 0 Å². The molecule has 150 valence electrons. The molecule has 0 radical (unpaired) electrons. The zero-order valence-corrected chi connectivity index (χ0v) is 16.3. The second-order valence-corrected chi connectivity index (χ2v) is 6.96. The van der Waals surface area contributed by atoms with Gasteiger partial charge in [0.2, 0.25) is 0 Å². The van der Waals surface area contributed by atoms with Crippen molar-refractivity contribution in [3.63, 3.8) is 0 Å². The lowest BCUT2D eigenvalue weighted by molar-refractivity contribution is 0.0853. The highest BCUT2D eigenvalue weighted by molar-refractivity contribution is 5.93. The summed E-state index contributed by atoms with van der Waals surface area (Å²) in [5, 5.41) is 15.4. The van der Waals surface area contributed by atoms with Crippen molar-refractivity contribution in [3.05, 3.63) is 71.9 Å². The zero-order valence-electron chi connectivity index (χ0n) is 16.3. The van der Waals surface area contributed by atoms with Gasteiger partial charge in [-0.3, -0.25) is 4.79 Å². The molecule has 7 heteroatoms. The highest BCUT2D eigenvalue weighted by Gasteiger charge is 2.18. The number of anilines is 2. The van der Waals surface area contributed by atoms with Crippen molar-refractivity contribution >= 4 is 17.4 Å². The SMILES string of the molecule is N#Cc1ccccc1Nc1cc(C(=O)NCC2CCCO2)nc(-c2ccccc2)n1. The van der Waals surface area contributed by atoms with Crippen molar-refractivity contribution < 1.29 is 9.53 Å². The second kappa shape index (κ2) is 9.16. The highest BCUT2D eigenvalue weighted by atomic mass is 16.5. The molecule has 2 heterocycles. The topological polar surface area (TPSA) is 99.9 Å². The molecule has 1 fully saturated rings. The van der Waals surface area contributed by atoms with Gasteiger partial charge in [0.15, 0.2) is 5.82 Å². The minimum Gasteiger partial charge on any atom is -0.376 e. The Morgan fingerprint density at radius 1 is 1.13 bits per heavy atom. The van der Waals surface area contributed by atoms with Crippen LogP contribution in [0.2, 0.25) is 0 Å². The fourth-order valence-electron chi connectivity index (χ4n) is 3.27. The van der Waals surface area contributed by atoms with Gasteiger partial charge in [-0.15, -0.1) is 0 Å². The Morgan fingerprint density at radius 3 is 2.70 bits per heavy atom. The largest absolute Gasteiger partial charge is 0.376 e. The molecule has 30 heavy (non-hydrogen) atoms. The number of nitrogens with one attached hydrogen (secondary N) is 2. The normalized spacial score (nSPS) is 15.4. The van der Waals surface area contributed by atoms with Gasteiger partial charge in [-0.2, -0.15) is 5.26 Å². The number of amides is 1. The van der Waals surface area contributed by atoms with E-state index in [-0.39, 0.29) is 17.7 Å². The van der Waals surface area contributed by atoms with Gasteiger partial charge in [-0.25, -0.2) is 9.97 Å². The van der Waals surface area contributed by atoms with E-state index in [0.29, 0.717) is 29.4 Å². The number of nitriles is 1. The van der Waals surface area contributed by atoms with Crippen LogP contribution in [0.1, 0.15) is 28.9 Å². The first-order valence-corrected chi connectivity index (χ1v) is 9.83. The number of aromatic nitrogens is 2. The number of hydrogen-bond acceptors (Lipinski definition) is 6. The number of para-hydroxylation sites is 1. The van der Waals surface area contributed by atoms with Crippen LogP contribution >= 0.6 is 0 Å². The molecule has 1 aromatic heterocycles. The molecule has 2 aromatic carbocycles. The molecule has 0 spiro atoms. The first kappa shape index (κ1) is 19.6. The van der Waals surface area contributed by atoms with E-state index in [1.54, 1.807) is 24.3 Å². The minimum absolute atomic E-state index is 0.0458. The predicted molar refractivity (Wildman–Crippen MR) is 113 cm³/mol. The summed E-state index contributed by atoms with van der Waals surface area (Å²) < 4.78 is 5.57. The quantitative estimate of drug-likeness (QED) is 0.656. The Bertz CT molecular complexity index is 1070. The van der Waals surface area contributed by atoms with Crippen LogP contribution in [0.3, 0.4) is 0 Å². The van der Waals surface area contributed by atoms with E-state index in [4.69, 9.17) is 4.74 Å². The van der Waals surface area contributed by atoms with E-state index in [0.717, 1.165) is 25.0 Å². The lowest BCUT2D eigenvalue weighted by Gasteiger charge is -2.13. The molecule has 0 saturated carbocycles. The van der Waals surface area contributed by atoms with Crippen LogP contribution in [0.4, 0.5) is 11.5 Å². The Labute approximate surface area is 174 Å². The molecule has 1 atom stereocenters. The molecule has 0 aliphatic carbocycles. The van der Waals surface area contributed by atoms with Gasteiger partial charge >= 0.3 is 0 Å². The van der Waals surface area contributed by atoms with Crippen molar-refractivity contribution in [2.24, 2.45) is 0 Å². The molecule has 7 nitrogen and oxygen atoms in total. The van der Waals surface area contributed by atoms with Crippen LogP contribution in [0.25, 0.3) is 11.4 Å². The molecule has 1 saturated heterocycles. The third kappa shape index (κ3) is 4.62. The minimum atomic E-state index is -0.290. The van der Waals surface area contributed by atoms with E-state index in [1.807, 2.05) is 36.4 Å². The Balaban J connectivity index is 1.64. The maximum absolute atomic E-state index is 12.8. The summed E-state index contributed by atoms with van der Waals surface area (Å²) >= 11 is 0. The summed E-state index contributed by atoms with van der Waals surface area (Å²) in [6.45, 7) is 1.18. The highest BCUT2D eigenvalue weighted by Crippen LogP contribution is 2.23. The third-order valence-electron chi connectivity index (χ3n) is 4.82. The molecular formula is C23H21N5O2. The number of carbonyl (C=O) groups excluding carboxylic acids is 1. The molecule has 2 N–H and O–H groups in total. The molecule has 1 amide bonds. The van der Waals surface area contributed by atoms with E-state index in [2.05, 4.69) is 26.7 Å². The molecule has 3 aromatic rings. The summed E-state index contributed by atoms with van der Waals surface area (Å²) in [6, 6.07) is 20.3. The number of nitrogens with zero attached hydrogens (tertiary/aromatic N) is 3. The van der Waals surface area contributed by atoms with Crippen LogP contribution in [0.15, 0.2) is 60.7 Å². The van der Waals surface area contributed by atoms with Gasteiger partial charge in [-0.1, -0.05) is 42.5 Å². The van der Waals surface area contributed by atoms with Gasteiger partial charge in [0, 0.05) is 24.8 Å². The molecule has 1 aliphatic rings. The zero-order chi connectivity index (χ0) is 20.8. The maximum atomic E-state index is 12.8. The number of hydrogen-bond donors (Lipinski definition) is 2. The smallest absolute Gasteiger partial charge is 0.270 e. The molecule has 0 bridgehead atoms. The number of rotatable bonds is 6. The van der Waals surface area contributed by atoms with Gasteiger partial charge in [0.05, 0.1) is 17.4 Å². The summed E-state index contributed by atoms with van der Waals surface area (Å²) in [5.41, 5.74) is 2.15. The van der Waals surface area contributed by atoms with Gasteiger partial charge < -0.3 is 15.4 Å². The Kier molecular flexibility index (Phi) is 5.97. The van der Waals surface area contributed by atoms with E-state index in [9.17, 15) is 10.1 Å². The van der Waals surface area contributed by atoms with E-state index >= 15 is 0 Å². The lowest BCUT2D eigenvalue weighted by Crippen LogP contribution is -2.32. The second-order valence-electron chi connectivity index (χ2n) is 6.96. The fraction of sp³-hybridized carbons (Fsp3) is 0.217. The van der Waals surface area contributed by atoms with Crippen molar-refractivity contribution in [2.45, 2.75) is 18.9 Å². The lowest BCUT2D eigenvalue weighted by atomic mass is 10.2. The average molecular weight is 399 g/mol. The van der Waals surface area contributed by atoms with Crippen molar-refractivity contribution in [3.8, 4) is 17.5 Å². The van der Waals surface area contributed by atoms with Crippen LogP contribution in [0.5, 0.6) is 0 Å². The third-order valence-corrected chi connectivity index (χ3v) is 4.82. The molecular weight excluding hydrogens is 378 g/mol. The number of carbonyl (C=O) groups is 1. The summed E-state index contributed by atoms with van der Waals surface area (Å²) in [4.78, 5) is 21.8. The average Bonchev–Trinajstić information content (AvgIpc) is 3.32. The fourth-order valence-corrected chi connectivity index (χ4v) is 3.27. The monoisotopic (exact) mass is 399 g/mol. The van der Waals surface area contributed by atoms with Crippen molar-refractivity contribution in [1.29, 1.82) is 5.26 Å². The Morgan fingerprint density at radius 2 is 1.93 bits per heavy atom. The molecule has 1 aliphatic heterocycles. The summed E-state index contributed by atoms with van der Waals surface area (Å²) in [7, 11) is 0. The predicted octanol–water partition coefficient (Wildman–Crippen LogP) is 3.67. The molecule has 1 unspecified atom stereocenters. The van der Waals surface area contributed by atoms with Crippen LogP contribution in [0, 0.1) is 11.3 Å². The van der Waals surface area contributed by atoms with Gasteiger partial charge in [0.25, 0.3) is 5.91 Å². The van der Waals surface area contributed by atoms with Crippen LogP contribution in [-0.4, -0.2) is 35.1 Å². The molecule has 4 rings (SSSR count). The number of benzene rings is 2.